The maximum atomic E-state index is 12.2. The van der Waals surface area contributed by atoms with Gasteiger partial charge in [0.15, 0.2) is 0 Å². The van der Waals surface area contributed by atoms with Crippen molar-refractivity contribution < 1.29 is 28.5 Å². The molecule has 0 saturated carbocycles. The topological polar surface area (TPSA) is 98.4 Å². The molecule has 1 fully saturated rings. The van der Waals surface area contributed by atoms with Crippen molar-refractivity contribution in [3.05, 3.63) is 24.8 Å². The molecule has 1 aliphatic rings. The summed E-state index contributed by atoms with van der Waals surface area (Å²) in [6.45, 7) is 13.0. The van der Waals surface area contributed by atoms with Gasteiger partial charge in [-0.2, -0.15) is 0 Å². The molecule has 1 aliphatic heterocycles. The van der Waals surface area contributed by atoms with Gasteiger partial charge in [0.2, 0.25) is 5.91 Å². The van der Waals surface area contributed by atoms with E-state index in [0.717, 1.165) is 25.7 Å². The Morgan fingerprint density at radius 3 is 2.43 bits per heavy atom. The zero-order chi connectivity index (χ0) is 22.1. The zero-order valence-electron chi connectivity index (χ0n) is 18.1. The molecule has 0 bridgehead atoms. The maximum absolute atomic E-state index is 12.2. The molecule has 166 valence electrons. The summed E-state index contributed by atoms with van der Waals surface area (Å²) in [4.78, 5) is 26.3. The Kier molecular flexibility index (Phi) is 8.49. The van der Waals surface area contributed by atoms with E-state index in [2.05, 4.69) is 22.1 Å². The largest absolute Gasteiger partial charge is 0.494 e. The van der Waals surface area contributed by atoms with Crippen molar-refractivity contribution in [1.82, 2.24) is 4.90 Å². The number of morpholine rings is 1. The highest BCUT2D eigenvalue weighted by Gasteiger charge is 2.20. The number of hydrogen-bond donors (Lipinski definition) is 2. The third-order valence-electron chi connectivity index (χ3n) is 4.15. The maximum Gasteiger partial charge on any atom is 0.412 e. The molecule has 1 saturated heterocycles. The first-order valence-corrected chi connectivity index (χ1v) is 9.80. The summed E-state index contributed by atoms with van der Waals surface area (Å²) in [5.74, 6) is 0.394. The monoisotopic (exact) mass is 421 g/mol. The van der Waals surface area contributed by atoms with Gasteiger partial charge in [0.25, 0.3) is 0 Å². The smallest absolute Gasteiger partial charge is 0.412 e. The Labute approximate surface area is 177 Å². The lowest BCUT2D eigenvalue weighted by molar-refractivity contribution is -0.111. The minimum absolute atomic E-state index is 0.339. The van der Waals surface area contributed by atoms with Gasteiger partial charge < -0.3 is 24.3 Å². The second-order valence-electron chi connectivity index (χ2n) is 7.67. The van der Waals surface area contributed by atoms with Gasteiger partial charge in [-0.1, -0.05) is 6.58 Å². The van der Waals surface area contributed by atoms with Crippen LogP contribution in [0, 0.1) is 0 Å². The molecule has 2 amide bonds. The Bertz CT molecular complexity index is 754. The van der Waals surface area contributed by atoms with E-state index in [1.54, 1.807) is 32.9 Å². The molecule has 1 heterocycles. The summed E-state index contributed by atoms with van der Waals surface area (Å²) in [7, 11) is 1.48. The van der Waals surface area contributed by atoms with E-state index in [4.69, 9.17) is 18.9 Å². The Morgan fingerprint density at radius 1 is 1.17 bits per heavy atom. The van der Waals surface area contributed by atoms with Crippen LogP contribution in [0.2, 0.25) is 0 Å². The summed E-state index contributed by atoms with van der Waals surface area (Å²) in [5, 5.41) is 5.34. The van der Waals surface area contributed by atoms with Gasteiger partial charge in [0.1, 0.15) is 23.7 Å². The van der Waals surface area contributed by atoms with Gasteiger partial charge in [-0.3, -0.25) is 15.0 Å². The van der Waals surface area contributed by atoms with Crippen molar-refractivity contribution in [1.29, 1.82) is 0 Å². The summed E-state index contributed by atoms with van der Waals surface area (Å²) in [6, 6.07) is 3.18. The Balaban J connectivity index is 2.18. The van der Waals surface area contributed by atoms with Gasteiger partial charge in [-0.05, 0) is 32.9 Å². The standard InChI is InChI=1S/C21H31N3O6/c1-6-19(25)22-16-13-15(23-20(26)30-21(2,3)4)17(27-5)14-18(16)29-12-9-24-7-10-28-11-8-24/h6,13-14H,1,7-12H2,2-5H3,(H,22,25)(H,23,26). The van der Waals surface area contributed by atoms with Crippen LogP contribution in [-0.4, -0.2) is 69.1 Å². The van der Waals surface area contributed by atoms with E-state index in [0.29, 0.717) is 42.7 Å². The molecular formula is C21H31N3O6. The Morgan fingerprint density at radius 2 is 1.83 bits per heavy atom. The van der Waals surface area contributed by atoms with E-state index in [1.807, 2.05) is 0 Å². The number of nitrogens with one attached hydrogen (secondary N) is 2. The SMILES string of the molecule is C=CC(=O)Nc1cc(NC(=O)OC(C)(C)C)c(OC)cc1OCCN1CCOCC1. The van der Waals surface area contributed by atoms with E-state index >= 15 is 0 Å². The molecule has 2 rings (SSSR count). The number of hydrogen-bond acceptors (Lipinski definition) is 7. The molecule has 9 heteroatoms. The average Bonchev–Trinajstić information content (AvgIpc) is 2.68. The average molecular weight is 421 g/mol. The fraction of sp³-hybridized carbons (Fsp3) is 0.524. The Hall–Kier alpha value is -2.78. The number of carbonyl (C=O) groups excluding carboxylic acids is 2. The number of anilines is 2. The van der Waals surface area contributed by atoms with E-state index < -0.39 is 17.6 Å². The highest BCUT2D eigenvalue weighted by atomic mass is 16.6. The van der Waals surface area contributed by atoms with Gasteiger partial charge in [-0.25, -0.2) is 4.79 Å². The molecule has 1 aromatic carbocycles. The van der Waals surface area contributed by atoms with Crippen molar-refractivity contribution in [2.75, 3.05) is 57.2 Å². The van der Waals surface area contributed by atoms with E-state index in [9.17, 15) is 9.59 Å². The number of carbonyl (C=O) groups is 2. The number of methoxy groups -OCH3 is 1. The van der Waals surface area contributed by atoms with Crippen LogP contribution in [0.4, 0.5) is 16.2 Å². The first-order chi connectivity index (χ1) is 14.2. The normalized spacial score (nSPS) is 14.5. The number of ether oxygens (including phenoxy) is 4. The highest BCUT2D eigenvalue weighted by molar-refractivity contribution is 6.01. The van der Waals surface area contributed by atoms with Gasteiger partial charge >= 0.3 is 6.09 Å². The summed E-state index contributed by atoms with van der Waals surface area (Å²) < 4.78 is 21.9. The second-order valence-corrected chi connectivity index (χ2v) is 7.67. The predicted molar refractivity (Wildman–Crippen MR) is 114 cm³/mol. The molecule has 0 radical (unpaired) electrons. The fourth-order valence-corrected chi connectivity index (χ4v) is 2.75. The number of amides is 2. The second kappa shape index (κ2) is 10.8. The molecule has 30 heavy (non-hydrogen) atoms. The van der Waals surface area contributed by atoms with Gasteiger partial charge in [-0.15, -0.1) is 0 Å². The zero-order valence-corrected chi connectivity index (χ0v) is 18.1. The first kappa shape index (κ1) is 23.5. The van der Waals surface area contributed by atoms with E-state index in [1.165, 1.54) is 7.11 Å². The molecule has 0 aliphatic carbocycles. The van der Waals surface area contributed by atoms with E-state index in [-0.39, 0.29) is 0 Å². The molecule has 0 aromatic heterocycles. The molecule has 0 unspecified atom stereocenters. The quantitative estimate of drug-likeness (QED) is 0.623. The number of nitrogens with zero attached hydrogens (tertiary/aromatic N) is 1. The number of rotatable bonds is 8. The molecule has 0 spiro atoms. The first-order valence-electron chi connectivity index (χ1n) is 9.80. The van der Waals surface area contributed by atoms with Crippen LogP contribution in [-0.2, 0) is 14.3 Å². The van der Waals surface area contributed by atoms with Crippen LogP contribution in [0.15, 0.2) is 24.8 Å². The van der Waals surface area contributed by atoms with Crippen molar-refractivity contribution in [2.24, 2.45) is 0 Å². The minimum atomic E-state index is -0.653. The third kappa shape index (κ3) is 7.57. The molecule has 9 nitrogen and oxygen atoms in total. The van der Waals surface area contributed by atoms with Crippen LogP contribution >= 0.6 is 0 Å². The lowest BCUT2D eigenvalue weighted by Gasteiger charge is -2.26. The van der Waals surface area contributed by atoms with Gasteiger partial charge in [0, 0.05) is 25.7 Å². The number of benzene rings is 1. The lowest BCUT2D eigenvalue weighted by Crippen LogP contribution is -2.38. The van der Waals surface area contributed by atoms with Crippen molar-refractivity contribution in [2.45, 2.75) is 26.4 Å². The predicted octanol–water partition coefficient (Wildman–Crippen LogP) is 2.88. The third-order valence-corrected chi connectivity index (χ3v) is 4.15. The molecule has 2 N–H and O–H groups in total. The minimum Gasteiger partial charge on any atom is -0.494 e. The molecule has 0 atom stereocenters. The van der Waals surface area contributed by atoms with Crippen LogP contribution in [0.5, 0.6) is 11.5 Å². The van der Waals surface area contributed by atoms with Crippen LogP contribution in [0.3, 0.4) is 0 Å². The van der Waals surface area contributed by atoms with Crippen LogP contribution in [0.1, 0.15) is 20.8 Å². The molecular weight excluding hydrogens is 390 g/mol. The highest BCUT2D eigenvalue weighted by Crippen LogP contribution is 2.37. The molecule has 1 aromatic rings. The van der Waals surface area contributed by atoms with Crippen LogP contribution in [0.25, 0.3) is 0 Å². The van der Waals surface area contributed by atoms with Crippen molar-refractivity contribution in [3.63, 3.8) is 0 Å². The summed E-state index contributed by atoms with van der Waals surface area (Å²) in [6.07, 6.45) is 0.519. The lowest BCUT2D eigenvalue weighted by atomic mass is 10.2. The summed E-state index contributed by atoms with van der Waals surface area (Å²) in [5.41, 5.74) is 0.0695. The fourth-order valence-electron chi connectivity index (χ4n) is 2.75. The van der Waals surface area contributed by atoms with Crippen LogP contribution < -0.4 is 20.1 Å². The van der Waals surface area contributed by atoms with Crippen molar-refractivity contribution in [3.8, 4) is 11.5 Å². The van der Waals surface area contributed by atoms with Crippen molar-refractivity contribution >= 4 is 23.4 Å². The van der Waals surface area contributed by atoms with Gasteiger partial charge in [0.05, 0.1) is 31.7 Å². The summed E-state index contributed by atoms with van der Waals surface area (Å²) >= 11 is 0.